The standard InChI is InChI=1S/C18H26ClNO/c19-15-11-13-7-3-1-4-8-14(13)16(17(15)21)18(12-20)9-5-2-6-10-18/h11,21H,1-10,12,20H2. The topological polar surface area (TPSA) is 46.2 Å². The Morgan fingerprint density at radius 1 is 1.05 bits per heavy atom. The summed E-state index contributed by atoms with van der Waals surface area (Å²) in [7, 11) is 0. The fourth-order valence-electron chi connectivity index (χ4n) is 4.39. The minimum absolute atomic E-state index is 0.0539. The van der Waals surface area contributed by atoms with E-state index >= 15 is 0 Å². The maximum absolute atomic E-state index is 10.7. The number of aromatic hydroxyl groups is 1. The number of halogens is 1. The summed E-state index contributed by atoms with van der Waals surface area (Å²) in [5, 5.41) is 11.2. The Labute approximate surface area is 132 Å². The number of nitrogens with two attached hydrogens (primary N) is 1. The minimum Gasteiger partial charge on any atom is -0.506 e. The summed E-state index contributed by atoms with van der Waals surface area (Å²) < 4.78 is 0. The summed E-state index contributed by atoms with van der Waals surface area (Å²) in [5.41, 5.74) is 9.97. The van der Waals surface area contributed by atoms with Crippen LogP contribution < -0.4 is 5.73 Å². The molecule has 0 aliphatic heterocycles. The Kier molecular flexibility index (Phi) is 4.46. The van der Waals surface area contributed by atoms with Crippen molar-refractivity contribution in [3.63, 3.8) is 0 Å². The molecular formula is C18H26ClNO. The molecule has 3 heteroatoms. The Morgan fingerprint density at radius 2 is 1.71 bits per heavy atom. The summed E-state index contributed by atoms with van der Waals surface area (Å²) in [4.78, 5) is 0. The molecule has 3 rings (SSSR count). The summed E-state index contributed by atoms with van der Waals surface area (Å²) in [5.74, 6) is 0.310. The van der Waals surface area contributed by atoms with Crippen molar-refractivity contribution in [2.24, 2.45) is 5.73 Å². The van der Waals surface area contributed by atoms with E-state index in [1.165, 1.54) is 49.7 Å². The number of benzene rings is 1. The van der Waals surface area contributed by atoms with Crippen molar-refractivity contribution < 1.29 is 5.11 Å². The van der Waals surface area contributed by atoms with Crippen molar-refractivity contribution >= 4 is 11.6 Å². The molecule has 0 spiro atoms. The predicted molar refractivity (Wildman–Crippen MR) is 88.2 cm³/mol. The van der Waals surface area contributed by atoms with Gasteiger partial charge in [-0.1, -0.05) is 37.3 Å². The van der Waals surface area contributed by atoms with Crippen LogP contribution in [-0.4, -0.2) is 11.7 Å². The van der Waals surface area contributed by atoms with Gasteiger partial charge in [0.15, 0.2) is 0 Å². The molecule has 0 heterocycles. The van der Waals surface area contributed by atoms with E-state index in [-0.39, 0.29) is 5.41 Å². The molecule has 2 aliphatic rings. The molecule has 0 bridgehead atoms. The second kappa shape index (κ2) is 6.18. The van der Waals surface area contributed by atoms with Crippen LogP contribution >= 0.6 is 11.6 Å². The molecule has 0 aromatic heterocycles. The lowest BCUT2D eigenvalue weighted by molar-refractivity contribution is 0.288. The Balaban J connectivity index is 2.17. The van der Waals surface area contributed by atoms with Gasteiger partial charge in [-0.3, -0.25) is 0 Å². The maximum Gasteiger partial charge on any atom is 0.138 e. The number of rotatable bonds is 2. The lowest BCUT2D eigenvalue weighted by Crippen LogP contribution is -2.38. The fourth-order valence-corrected chi connectivity index (χ4v) is 4.62. The molecule has 21 heavy (non-hydrogen) atoms. The zero-order chi connectivity index (χ0) is 14.9. The van der Waals surface area contributed by atoms with Gasteiger partial charge in [0.1, 0.15) is 5.75 Å². The molecule has 0 unspecified atom stereocenters. The molecule has 1 aromatic carbocycles. The van der Waals surface area contributed by atoms with Gasteiger partial charge in [-0.25, -0.2) is 0 Å². The number of phenols is 1. The zero-order valence-electron chi connectivity index (χ0n) is 12.8. The summed E-state index contributed by atoms with van der Waals surface area (Å²) in [6.07, 6.45) is 11.7. The average Bonchev–Trinajstić information content (AvgIpc) is 2.74. The predicted octanol–water partition coefficient (Wildman–Crippen LogP) is 4.48. The highest BCUT2D eigenvalue weighted by Crippen LogP contribution is 2.48. The fraction of sp³-hybridized carbons (Fsp3) is 0.667. The molecule has 1 fully saturated rings. The smallest absolute Gasteiger partial charge is 0.138 e. The van der Waals surface area contributed by atoms with Crippen molar-refractivity contribution in [2.75, 3.05) is 6.54 Å². The van der Waals surface area contributed by atoms with Gasteiger partial charge in [0.05, 0.1) is 5.02 Å². The van der Waals surface area contributed by atoms with E-state index in [9.17, 15) is 5.11 Å². The van der Waals surface area contributed by atoms with E-state index in [1.807, 2.05) is 6.07 Å². The highest BCUT2D eigenvalue weighted by atomic mass is 35.5. The first-order valence-corrected chi connectivity index (χ1v) is 8.79. The molecule has 0 radical (unpaired) electrons. The Morgan fingerprint density at radius 3 is 2.43 bits per heavy atom. The van der Waals surface area contributed by atoms with Crippen LogP contribution in [0.5, 0.6) is 5.75 Å². The third-order valence-electron chi connectivity index (χ3n) is 5.56. The first-order valence-electron chi connectivity index (χ1n) is 8.42. The Hall–Kier alpha value is -0.730. The molecule has 0 amide bonds. The quantitative estimate of drug-likeness (QED) is 0.792. The normalized spacial score (nSPS) is 21.6. The highest BCUT2D eigenvalue weighted by molar-refractivity contribution is 6.32. The van der Waals surface area contributed by atoms with E-state index in [1.54, 1.807) is 0 Å². The Bertz CT molecular complexity index is 520. The van der Waals surface area contributed by atoms with Crippen molar-refractivity contribution in [2.45, 2.75) is 69.6 Å². The first kappa shape index (κ1) is 15.2. The molecule has 2 aliphatic carbocycles. The average molecular weight is 308 g/mol. The second-order valence-electron chi connectivity index (χ2n) is 6.83. The van der Waals surface area contributed by atoms with Crippen LogP contribution in [0.2, 0.25) is 5.02 Å². The molecule has 0 saturated heterocycles. The van der Waals surface area contributed by atoms with E-state index in [4.69, 9.17) is 17.3 Å². The van der Waals surface area contributed by atoms with E-state index < -0.39 is 0 Å². The van der Waals surface area contributed by atoms with Gasteiger partial charge in [-0.05, 0) is 55.7 Å². The molecule has 0 atom stereocenters. The molecule has 1 saturated carbocycles. The van der Waals surface area contributed by atoms with Crippen LogP contribution in [-0.2, 0) is 18.3 Å². The number of aryl methyl sites for hydroxylation is 1. The van der Waals surface area contributed by atoms with Gasteiger partial charge in [0.2, 0.25) is 0 Å². The number of phenolic OH excluding ortho intramolecular Hbond substituents is 1. The zero-order valence-corrected chi connectivity index (χ0v) is 13.5. The minimum atomic E-state index is -0.0539. The summed E-state index contributed by atoms with van der Waals surface area (Å²) in [6.45, 7) is 0.618. The van der Waals surface area contributed by atoms with Crippen molar-refractivity contribution in [3.8, 4) is 5.75 Å². The molecule has 3 N–H and O–H groups in total. The van der Waals surface area contributed by atoms with E-state index in [0.29, 0.717) is 17.3 Å². The lowest BCUT2D eigenvalue weighted by atomic mass is 9.67. The third-order valence-corrected chi connectivity index (χ3v) is 5.85. The summed E-state index contributed by atoms with van der Waals surface area (Å²) >= 11 is 6.35. The molecule has 116 valence electrons. The maximum atomic E-state index is 10.7. The van der Waals surface area contributed by atoms with E-state index in [2.05, 4.69) is 0 Å². The van der Waals surface area contributed by atoms with Crippen LogP contribution in [0.1, 0.15) is 68.1 Å². The first-order chi connectivity index (χ1) is 10.2. The lowest BCUT2D eigenvalue weighted by Gasteiger charge is -2.39. The van der Waals surface area contributed by atoms with Gasteiger partial charge < -0.3 is 10.8 Å². The van der Waals surface area contributed by atoms with Crippen LogP contribution in [0.15, 0.2) is 6.07 Å². The van der Waals surface area contributed by atoms with Crippen molar-refractivity contribution in [1.82, 2.24) is 0 Å². The van der Waals surface area contributed by atoms with Crippen molar-refractivity contribution in [3.05, 3.63) is 27.8 Å². The van der Waals surface area contributed by atoms with Crippen LogP contribution in [0.25, 0.3) is 0 Å². The number of hydrogen-bond donors (Lipinski definition) is 2. The largest absolute Gasteiger partial charge is 0.506 e. The number of fused-ring (bicyclic) bond motifs is 1. The van der Waals surface area contributed by atoms with Gasteiger partial charge in [-0.2, -0.15) is 0 Å². The number of hydrogen-bond acceptors (Lipinski definition) is 2. The van der Waals surface area contributed by atoms with Gasteiger partial charge in [-0.15, -0.1) is 0 Å². The van der Waals surface area contributed by atoms with Crippen LogP contribution in [0.4, 0.5) is 0 Å². The van der Waals surface area contributed by atoms with Gasteiger partial charge in [0, 0.05) is 17.5 Å². The molecule has 1 aromatic rings. The second-order valence-corrected chi connectivity index (χ2v) is 7.23. The van der Waals surface area contributed by atoms with Crippen molar-refractivity contribution in [1.29, 1.82) is 0 Å². The highest BCUT2D eigenvalue weighted by Gasteiger charge is 2.38. The van der Waals surface area contributed by atoms with E-state index in [0.717, 1.165) is 31.2 Å². The third kappa shape index (κ3) is 2.68. The van der Waals surface area contributed by atoms with Crippen LogP contribution in [0, 0.1) is 0 Å². The molecule has 2 nitrogen and oxygen atoms in total. The monoisotopic (exact) mass is 307 g/mol. The van der Waals surface area contributed by atoms with Gasteiger partial charge >= 0.3 is 0 Å². The van der Waals surface area contributed by atoms with Gasteiger partial charge in [0.25, 0.3) is 0 Å². The molecular weight excluding hydrogens is 282 g/mol. The SMILES string of the molecule is NCC1(c2c(O)c(Cl)cc3c2CCCCC3)CCCCC1. The van der Waals surface area contributed by atoms with Crippen LogP contribution in [0.3, 0.4) is 0 Å². The summed E-state index contributed by atoms with van der Waals surface area (Å²) in [6, 6.07) is 1.99.